The summed E-state index contributed by atoms with van der Waals surface area (Å²) in [4.78, 5) is 11.3. The zero-order valence-corrected chi connectivity index (χ0v) is 8.68. The third kappa shape index (κ3) is 2.67. The largest absolute Gasteiger partial charge is 0.371 e. The first kappa shape index (κ1) is 11.9. The van der Waals surface area contributed by atoms with Crippen LogP contribution in [0.4, 0.5) is 15.8 Å². The van der Waals surface area contributed by atoms with Crippen LogP contribution >= 0.6 is 0 Å². The molecule has 0 bridgehead atoms. The molecular formula is C10H10FN3O2. The highest BCUT2D eigenvalue weighted by Crippen LogP contribution is 2.23. The summed E-state index contributed by atoms with van der Waals surface area (Å²) < 4.78 is 13.5. The molecule has 6 heteroatoms. The predicted octanol–water partition coefficient (Wildman–Crippen LogP) is 2.08. The maximum atomic E-state index is 13.5. The molecule has 0 amide bonds. The van der Waals surface area contributed by atoms with E-state index in [1.54, 1.807) is 11.9 Å². The van der Waals surface area contributed by atoms with Crippen molar-refractivity contribution in [1.29, 1.82) is 5.26 Å². The second kappa shape index (κ2) is 5.07. The van der Waals surface area contributed by atoms with Gasteiger partial charge < -0.3 is 4.90 Å². The van der Waals surface area contributed by atoms with Gasteiger partial charge in [-0.25, -0.2) is 4.39 Å². The van der Waals surface area contributed by atoms with Crippen LogP contribution in [0, 0.1) is 27.3 Å². The molecule has 1 rings (SSSR count). The number of nitro groups is 1. The van der Waals surface area contributed by atoms with Crippen molar-refractivity contribution in [2.75, 3.05) is 18.5 Å². The molecule has 5 nitrogen and oxygen atoms in total. The third-order valence-corrected chi connectivity index (χ3v) is 2.11. The molecule has 0 aliphatic heterocycles. The molecule has 0 N–H and O–H groups in total. The number of halogens is 1. The van der Waals surface area contributed by atoms with Gasteiger partial charge in [-0.1, -0.05) is 0 Å². The van der Waals surface area contributed by atoms with Crippen LogP contribution in [0.15, 0.2) is 18.2 Å². The van der Waals surface area contributed by atoms with Gasteiger partial charge in [0.15, 0.2) is 5.82 Å². The molecule has 16 heavy (non-hydrogen) atoms. The van der Waals surface area contributed by atoms with E-state index < -0.39 is 10.7 Å². The zero-order valence-electron chi connectivity index (χ0n) is 8.68. The van der Waals surface area contributed by atoms with Crippen LogP contribution in [0.3, 0.4) is 0 Å². The van der Waals surface area contributed by atoms with E-state index in [-0.39, 0.29) is 17.8 Å². The molecule has 0 aliphatic carbocycles. The van der Waals surface area contributed by atoms with E-state index in [9.17, 15) is 14.5 Å². The van der Waals surface area contributed by atoms with E-state index >= 15 is 0 Å². The normalized spacial score (nSPS) is 9.56. The standard InChI is InChI=1S/C10H10FN3O2/c1-13(6-2-5-12)10-4-3-8(14(15)16)7-9(10)11/h3-4,7H,2,6H2,1H3. The highest BCUT2D eigenvalue weighted by atomic mass is 19.1. The predicted molar refractivity (Wildman–Crippen MR) is 56.6 cm³/mol. The van der Waals surface area contributed by atoms with Crippen molar-refractivity contribution in [3.8, 4) is 6.07 Å². The Morgan fingerprint density at radius 2 is 2.31 bits per heavy atom. The van der Waals surface area contributed by atoms with Crippen LogP contribution in [-0.4, -0.2) is 18.5 Å². The minimum absolute atomic E-state index is 0.251. The van der Waals surface area contributed by atoms with Crippen LogP contribution in [0.2, 0.25) is 0 Å². The Labute approximate surface area is 91.9 Å². The van der Waals surface area contributed by atoms with Crippen molar-refractivity contribution in [2.24, 2.45) is 0 Å². The smallest absolute Gasteiger partial charge is 0.272 e. The van der Waals surface area contributed by atoms with Crippen molar-refractivity contribution < 1.29 is 9.31 Å². The number of nitro benzene ring substituents is 1. The fraction of sp³-hybridized carbons (Fsp3) is 0.300. The molecule has 84 valence electrons. The second-order valence-electron chi connectivity index (χ2n) is 3.22. The molecule has 0 fully saturated rings. The summed E-state index contributed by atoms with van der Waals surface area (Å²) in [6.45, 7) is 0.380. The summed E-state index contributed by atoms with van der Waals surface area (Å²) in [5.74, 6) is -0.658. The van der Waals surface area contributed by atoms with Crippen molar-refractivity contribution in [3.05, 3.63) is 34.1 Å². The number of hydrogen-bond donors (Lipinski definition) is 0. The van der Waals surface area contributed by atoms with Crippen LogP contribution < -0.4 is 4.90 Å². The summed E-state index contributed by atoms with van der Waals surface area (Å²) in [6.07, 6.45) is 0.271. The van der Waals surface area contributed by atoms with Gasteiger partial charge in [0.05, 0.1) is 29.2 Å². The first-order valence-electron chi connectivity index (χ1n) is 4.58. The average molecular weight is 223 g/mol. The maximum absolute atomic E-state index is 13.5. The lowest BCUT2D eigenvalue weighted by atomic mass is 10.2. The van der Waals surface area contributed by atoms with Gasteiger partial charge in [0.1, 0.15) is 0 Å². The molecule has 0 atom stereocenters. The topological polar surface area (TPSA) is 70.2 Å². The monoisotopic (exact) mass is 223 g/mol. The lowest BCUT2D eigenvalue weighted by Gasteiger charge is -2.17. The fourth-order valence-electron chi connectivity index (χ4n) is 1.26. The van der Waals surface area contributed by atoms with Gasteiger partial charge in [-0.2, -0.15) is 5.26 Å². The molecule has 0 aliphatic rings. The van der Waals surface area contributed by atoms with Crippen LogP contribution in [-0.2, 0) is 0 Å². The molecular weight excluding hydrogens is 213 g/mol. The molecule has 0 radical (unpaired) electrons. The first-order valence-corrected chi connectivity index (χ1v) is 4.58. The lowest BCUT2D eigenvalue weighted by Crippen LogP contribution is -2.19. The highest BCUT2D eigenvalue weighted by Gasteiger charge is 2.12. The Kier molecular flexibility index (Phi) is 3.78. The lowest BCUT2D eigenvalue weighted by molar-refractivity contribution is -0.385. The van der Waals surface area contributed by atoms with E-state index in [1.807, 2.05) is 6.07 Å². The quantitative estimate of drug-likeness (QED) is 0.578. The van der Waals surface area contributed by atoms with Gasteiger partial charge in [-0.3, -0.25) is 10.1 Å². The summed E-state index contributed by atoms with van der Waals surface area (Å²) in [6, 6.07) is 5.39. The number of non-ortho nitro benzene ring substituents is 1. The highest BCUT2D eigenvalue weighted by molar-refractivity contribution is 5.51. The van der Waals surface area contributed by atoms with Gasteiger partial charge in [-0.05, 0) is 6.07 Å². The average Bonchev–Trinajstić information content (AvgIpc) is 2.25. The summed E-state index contributed by atoms with van der Waals surface area (Å²) >= 11 is 0. The minimum Gasteiger partial charge on any atom is -0.371 e. The number of anilines is 1. The van der Waals surface area contributed by atoms with Crippen molar-refractivity contribution in [2.45, 2.75) is 6.42 Å². The van der Waals surface area contributed by atoms with Gasteiger partial charge in [-0.15, -0.1) is 0 Å². The molecule has 0 spiro atoms. The number of nitriles is 1. The summed E-state index contributed by atoms with van der Waals surface area (Å²) in [5, 5.41) is 18.8. The molecule has 0 aromatic heterocycles. The van der Waals surface area contributed by atoms with Crippen molar-refractivity contribution in [3.63, 3.8) is 0 Å². The van der Waals surface area contributed by atoms with Gasteiger partial charge in [0.25, 0.3) is 5.69 Å². The van der Waals surface area contributed by atoms with E-state index in [4.69, 9.17) is 5.26 Å². The second-order valence-corrected chi connectivity index (χ2v) is 3.22. The van der Waals surface area contributed by atoms with Crippen LogP contribution in [0.25, 0.3) is 0 Å². The Morgan fingerprint density at radius 1 is 1.62 bits per heavy atom. The van der Waals surface area contributed by atoms with Gasteiger partial charge in [0.2, 0.25) is 0 Å². The molecule has 0 saturated carbocycles. The number of hydrogen-bond acceptors (Lipinski definition) is 4. The van der Waals surface area contributed by atoms with Crippen molar-refractivity contribution >= 4 is 11.4 Å². The van der Waals surface area contributed by atoms with Gasteiger partial charge in [0, 0.05) is 19.7 Å². The number of nitrogens with zero attached hydrogens (tertiary/aromatic N) is 3. The molecule has 1 aromatic carbocycles. The van der Waals surface area contributed by atoms with E-state index in [2.05, 4.69) is 0 Å². The number of benzene rings is 1. The molecule has 1 aromatic rings. The van der Waals surface area contributed by atoms with E-state index in [1.165, 1.54) is 12.1 Å². The molecule has 0 heterocycles. The fourth-order valence-corrected chi connectivity index (χ4v) is 1.26. The molecule has 0 saturated heterocycles. The van der Waals surface area contributed by atoms with Crippen LogP contribution in [0.1, 0.15) is 6.42 Å². The SMILES string of the molecule is CN(CCC#N)c1ccc([N+](=O)[O-])cc1F. The third-order valence-electron chi connectivity index (χ3n) is 2.11. The first-order chi connectivity index (χ1) is 7.56. The Bertz CT molecular complexity index is 442. The van der Waals surface area contributed by atoms with Crippen molar-refractivity contribution in [1.82, 2.24) is 0 Å². The van der Waals surface area contributed by atoms with E-state index in [0.717, 1.165) is 6.07 Å². The minimum atomic E-state index is -0.658. The van der Waals surface area contributed by atoms with Gasteiger partial charge >= 0.3 is 0 Å². The summed E-state index contributed by atoms with van der Waals surface area (Å²) in [5.41, 5.74) is -0.0317. The Balaban J connectivity index is 2.91. The van der Waals surface area contributed by atoms with Crippen LogP contribution in [0.5, 0.6) is 0 Å². The maximum Gasteiger partial charge on any atom is 0.272 e. The molecule has 0 unspecified atom stereocenters. The zero-order chi connectivity index (χ0) is 12.1. The number of rotatable bonds is 4. The Morgan fingerprint density at radius 3 is 2.81 bits per heavy atom. The summed E-state index contributed by atoms with van der Waals surface area (Å²) in [7, 11) is 1.63. The van der Waals surface area contributed by atoms with E-state index in [0.29, 0.717) is 6.54 Å². The Hall–Kier alpha value is -2.16.